The highest BCUT2D eigenvalue weighted by molar-refractivity contribution is 6.30. The summed E-state index contributed by atoms with van der Waals surface area (Å²) in [6.45, 7) is 6.61. The summed E-state index contributed by atoms with van der Waals surface area (Å²) >= 11 is 6.01. The van der Waals surface area contributed by atoms with Gasteiger partial charge in [0.25, 0.3) is 0 Å². The van der Waals surface area contributed by atoms with Crippen molar-refractivity contribution in [2.45, 2.75) is 38.6 Å². The molecular weight excluding hydrogens is 382 g/mol. The molecule has 1 atom stereocenters. The van der Waals surface area contributed by atoms with Crippen LogP contribution < -0.4 is 4.90 Å². The van der Waals surface area contributed by atoms with Gasteiger partial charge in [-0.05, 0) is 64.1 Å². The van der Waals surface area contributed by atoms with E-state index in [1.54, 1.807) is 12.1 Å². The quantitative estimate of drug-likeness (QED) is 0.544. The lowest BCUT2D eigenvalue weighted by molar-refractivity contribution is -0.138. The summed E-state index contributed by atoms with van der Waals surface area (Å²) in [4.78, 5) is 13.8. The first kappa shape index (κ1) is 19.5. The molecule has 0 amide bonds. The molecule has 4 rings (SSSR count). The highest BCUT2D eigenvalue weighted by Crippen LogP contribution is 2.41. The third-order valence-electron chi connectivity index (χ3n) is 5.54. The Bertz CT molecular complexity index is 1050. The van der Waals surface area contributed by atoms with Crippen LogP contribution in [0, 0.1) is 0 Å². The number of carboxylic acid groups (broad SMARTS) is 1. The van der Waals surface area contributed by atoms with Crippen molar-refractivity contribution in [3.63, 3.8) is 0 Å². The van der Waals surface area contributed by atoms with Crippen LogP contribution in [0.2, 0.25) is 5.02 Å². The first-order chi connectivity index (χ1) is 13.7. The summed E-state index contributed by atoms with van der Waals surface area (Å²) in [5, 5.41) is 10.4. The molecule has 0 radical (unpaired) electrons. The van der Waals surface area contributed by atoms with Crippen molar-refractivity contribution < 1.29 is 9.90 Å². The molecule has 3 nitrogen and oxygen atoms in total. The number of anilines is 2. The standard InChI is InChI=1S/C25H24ClNO2/c1-25(2,3)19-7-4-16(5-8-19)17-6-13-22-18(14-17)15-23(24(28)29)27(22)21-11-9-20(26)10-12-21/h4-14,23H,15H2,1-3H3,(H,28,29). The number of halogens is 1. The second-order valence-electron chi connectivity index (χ2n) is 8.58. The van der Waals surface area contributed by atoms with Gasteiger partial charge in [-0.3, -0.25) is 0 Å². The van der Waals surface area contributed by atoms with Crippen molar-refractivity contribution in [2.24, 2.45) is 0 Å². The van der Waals surface area contributed by atoms with E-state index in [-0.39, 0.29) is 5.41 Å². The molecule has 0 saturated carbocycles. The predicted octanol–water partition coefficient (Wildman–Crippen LogP) is 6.45. The van der Waals surface area contributed by atoms with Crippen molar-refractivity contribution in [1.82, 2.24) is 0 Å². The Morgan fingerprint density at radius 1 is 0.966 bits per heavy atom. The van der Waals surface area contributed by atoms with Gasteiger partial charge in [-0.15, -0.1) is 0 Å². The molecule has 1 aliphatic heterocycles. The van der Waals surface area contributed by atoms with Crippen LogP contribution in [0.5, 0.6) is 0 Å². The van der Waals surface area contributed by atoms with Crippen molar-refractivity contribution in [2.75, 3.05) is 4.90 Å². The molecule has 3 aromatic carbocycles. The van der Waals surface area contributed by atoms with Crippen LogP contribution in [-0.2, 0) is 16.6 Å². The van der Waals surface area contributed by atoms with Gasteiger partial charge < -0.3 is 10.0 Å². The van der Waals surface area contributed by atoms with Crippen LogP contribution in [0.3, 0.4) is 0 Å². The van der Waals surface area contributed by atoms with E-state index in [1.807, 2.05) is 23.1 Å². The molecule has 148 valence electrons. The zero-order valence-electron chi connectivity index (χ0n) is 16.8. The van der Waals surface area contributed by atoms with E-state index in [0.717, 1.165) is 28.1 Å². The molecular formula is C25H24ClNO2. The van der Waals surface area contributed by atoms with Gasteiger partial charge in [0.15, 0.2) is 0 Å². The largest absolute Gasteiger partial charge is 0.480 e. The molecule has 29 heavy (non-hydrogen) atoms. The van der Waals surface area contributed by atoms with Gasteiger partial charge in [0.2, 0.25) is 0 Å². The molecule has 1 aliphatic rings. The summed E-state index contributed by atoms with van der Waals surface area (Å²) in [5.74, 6) is -0.827. The fraction of sp³-hybridized carbons (Fsp3) is 0.240. The zero-order valence-corrected chi connectivity index (χ0v) is 17.6. The van der Waals surface area contributed by atoms with Gasteiger partial charge >= 0.3 is 5.97 Å². The number of hydrogen-bond acceptors (Lipinski definition) is 2. The normalized spacial score (nSPS) is 16.0. The van der Waals surface area contributed by atoms with Crippen molar-refractivity contribution >= 4 is 28.9 Å². The summed E-state index contributed by atoms with van der Waals surface area (Å²) in [6, 6.07) is 21.5. The first-order valence-electron chi connectivity index (χ1n) is 9.75. The molecule has 0 aromatic heterocycles. The Kier molecular flexibility index (Phi) is 4.87. The lowest BCUT2D eigenvalue weighted by Gasteiger charge is -2.25. The number of rotatable bonds is 3. The molecule has 0 saturated heterocycles. The fourth-order valence-electron chi connectivity index (χ4n) is 3.91. The van der Waals surface area contributed by atoms with Gasteiger partial charge in [-0.25, -0.2) is 4.79 Å². The van der Waals surface area contributed by atoms with E-state index < -0.39 is 12.0 Å². The third-order valence-corrected chi connectivity index (χ3v) is 5.79. The number of hydrogen-bond donors (Lipinski definition) is 1. The van der Waals surface area contributed by atoms with Gasteiger partial charge in [0, 0.05) is 22.8 Å². The van der Waals surface area contributed by atoms with E-state index in [0.29, 0.717) is 11.4 Å². The van der Waals surface area contributed by atoms with E-state index in [2.05, 4.69) is 57.2 Å². The number of carboxylic acids is 1. The summed E-state index contributed by atoms with van der Waals surface area (Å²) in [6.07, 6.45) is 0.473. The average Bonchev–Trinajstić information content (AvgIpc) is 3.07. The smallest absolute Gasteiger partial charge is 0.327 e. The van der Waals surface area contributed by atoms with E-state index >= 15 is 0 Å². The molecule has 0 aliphatic carbocycles. The SMILES string of the molecule is CC(C)(C)c1ccc(-c2ccc3c(c2)CC(C(=O)O)N3c2ccc(Cl)cc2)cc1. The Morgan fingerprint density at radius 2 is 1.59 bits per heavy atom. The second kappa shape index (κ2) is 7.23. The van der Waals surface area contributed by atoms with Crippen molar-refractivity contribution in [3.05, 3.63) is 82.9 Å². The Morgan fingerprint density at radius 3 is 2.17 bits per heavy atom. The zero-order chi connectivity index (χ0) is 20.8. The fourth-order valence-corrected chi connectivity index (χ4v) is 4.04. The molecule has 1 heterocycles. The predicted molar refractivity (Wildman–Crippen MR) is 119 cm³/mol. The Hall–Kier alpha value is -2.78. The lowest BCUT2D eigenvalue weighted by Crippen LogP contribution is -2.35. The van der Waals surface area contributed by atoms with E-state index in [4.69, 9.17) is 11.6 Å². The minimum Gasteiger partial charge on any atom is -0.480 e. The number of benzene rings is 3. The maximum Gasteiger partial charge on any atom is 0.327 e. The third kappa shape index (κ3) is 3.75. The van der Waals surface area contributed by atoms with Gasteiger partial charge in [0.1, 0.15) is 6.04 Å². The maximum absolute atomic E-state index is 11.9. The molecule has 1 N–H and O–H groups in total. The van der Waals surface area contributed by atoms with Crippen molar-refractivity contribution in [3.8, 4) is 11.1 Å². The van der Waals surface area contributed by atoms with Crippen LogP contribution in [0.4, 0.5) is 11.4 Å². The molecule has 0 fully saturated rings. The average molecular weight is 406 g/mol. The van der Waals surface area contributed by atoms with E-state index in [1.165, 1.54) is 5.56 Å². The van der Waals surface area contributed by atoms with Gasteiger partial charge in [-0.1, -0.05) is 62.7 Å². The van der Waals surface area contributed by atoms with Crippen LogP contribution >= 0.6 is 11.6 Å². The van der Waals surface area contributed by atoms with Crippen LogP contribution in [0.15, 0.2) is 66.7 Å². The molecule has 4 heteroatoms. The number of nitrogens with zero attached hydrogens (tertiary/aromatic N) is 1. The minimum atomic E-state index is -0.827. The molecule has 3 aromatic rings. The van der Waals surface area contributed by atoms with Gasteiger partial charge in [0.05, 0.1) is 0 Å². The topological polar surface area (TPSA) is 40.5 Å². The van der Waals surface area contributed by atoms with Gasteiger partial charge in [-0.2, -0.15) is 0 Å². The summed E-state index contributed by atoms with van der Waals surface area (Å²) in [5.41, 5.74) is 6.47. The van der Waals surface area contributed by atoms with Crippen LogP contribution in [0.25, 0.3) is 11.1 Å². The van der Waals surface area contributed by atoms with Crippen LogP contribution in [0.1, 0.15) is 31.9 Å². The molecule has 0 bridgehead atoms. The van der Waals surface area contributed by atoms with E-state index in [9.17, 15) is 9.90 Å². The van der Waals surface area contributed by atoms with Crippen molar-refractivity contribution in [1.29, 1.82) is 0 Å². The Labute approximate surface area is 176 Å². The summed E-state index contributed by atoms with van der Waals surface area (Å²) in [7, 11) is 0. The maximum atomic E-state index is 11.9. The second-order valence-corrected chi connectivity index (χ2v) is 9.01. The number of aliphatic carboxylic acids is 1. The number of carbonyl (C=O) groups is 1. The van der Waals surface area contributed by atoms with Crippen LogP contribution in [-0.4, -0.2) is 17.1 Å². The molecule has 0 spiro atoms. The minimum absolute atomic E-state index is 0.115. The highest BCUT2D eigenvalue weighted by atomic mass is 35.5. The monoisotopic (exact) mass is 405 g/mol. The summed E-state index contributed by atoms with van der Waals surface area (Å²) < 4.78 is 0. The molecule has 1 unspecified atom stereocenters. The highest BCUT2D eigenvalue weighted by Gasteiger charge is 2.35. The Balaban J connectivity index is 1.71. The lowest BCUT2D eigenvalue weighted by atomic mass is 9.86. The number of fused-ring (bicyclic) bond motifs is 1. The first-order valence-corrected chi connectivity index (χ1v) is 10.1.